The van der Waals surface area contributed by atoms with E-state index in [1.54, 1.807) is 0 Å². The van der Waals surface area contributed by atoms with Crippen LogP contribution in [0.15, 0.2) is 47.3 Å². The molecule has 3 nitrogen and oxygen atoms in total. The molecule has 164 valence electrons. The summed E-state index contributed by atoms with van der Waals surface area (Å²) in [6.45, 7) is 0.727. The number of methoxy groups -OCH3 is 1. The zero-order chi connectivity index (χ0) is 20.8. The first-order valence-corrected chi connectivity index (χ1v) is 12.2. The van der Waals surface area contributed by atoms with Gasteiger partial charge < -0.3 is 9.47 Å². The van der Waals surface area contributed by atoms with Crippen molar-refractivity contribution in [1.82, 2.24) is 0 Å². The fourth-order valence-corrected chi connectivity index (χ4v) is 5.92. The fourth-order valence-electron chi connectivity index (χ4n) is 5.92. The van der Waals surface area contributed by atoms with Crippen molar-refractivity contribution in [3.63, 3.8) is 0 Å². The van der Waals surface area contributed by atoms with E-state index in [-0.39, 0.29) is 11.9 Å². The Morgan fingerprint density at radius 3 is 2.53 bits per heavy atom. The minimum atomic E-state index is -0.0664. The Morgan fingerprint density at radius 2 is 1.80 bits per heavy atom. The summed E-state index contributed by atoms with van der Waals surface area (Å²) in [7, 11) is 1.53. The molecule has 0 radical (unpaired) electrons. The third-order valence-electron chi connectivity index (χ3n) is 7.72. The van der Waals surface area contributed by atoms with Gasteiger partial charge in [-0.3, -0.25) is 4.79 Å². The van der Waals surface area contributed by atoms with E-state index in [0.29, 0.717) is 5.92 Å². The van der Waals surface area contributed by atoms with Crippen molar-refractivity contribution < 1.29 is 14.3 Å². The van der Waals surface area contributed by atoms with E-state index in [4.69, 9.17) is 9.47 Å². The van der Waals surface area contributed by atoms with Crippen LogP contribution in [-0.4, -0.2) is 19.7 Å². The standard InChI is InChI=1S/C27H38O3/c1-29-27(28)26(22-9-4-2-3-5-10-22)23-14-16-25(17-15-23)30-19-20-12-13-21-8-6-7-11-24(21)18-20/h6-7,14,16,18,21-22,24,26H,2-5,8-13,15,17,19H2,1H3. The highest BCUT2D eigenvalue weighted by molar-refractivity contribution is 5.76. The van der Waals surface area contributed by atoms with E-state index in [9.17, 15) is 4.79 Å². The molecule has 3 heteroatoms. The van der Waals surface area contributed by atoms with Crippen LogP contribution in [-0.2, 0) is 14.3 Å². The van der Waals surface area contributed by atoms with E-state index in [0.717, 1.165) is 49.9 Å². The number of carbonyl (C=O) groups is 1. The number of allylic oxidation sites excluding steroid dienone is 6. The molecular weight excluding hydrogens is 372 g/mol. The van der Waals surface area contributed by atoms with Crippen LogP contribution in [0.5, 0.6) is 0 Å². The maximum absolute atomic E-state index is 12.6. The van der Waals surface area contributed by atoms with Crippen LogP contribution in [0.25, 0.3) is 0 Å². The van der Waals surface area contributed by atoms with Crippen LogP contribution >= 0.6 is 0 Å². The van der Waals surface area contributed by atoms with Crippen LogP contribution in [0.4, 0.5) is 0 Å². The summed E-state index contributed by atoms with van der Waals surface area (Å²) in [4.78, 5) is 12.6. The molecule has 0 heterocycles. The van der Waals surface area contributed by atoms with Crippen LogP contribution in [0.3, 0.4) is 0 Å². The SMILES string of the molecule is COC(=O)C(C1=CC=C(OCC2=CC3CC=CCC3CC2)CC1)C1CCCCCC1. The molecule has 4 aliphatic carbocycles. The Hall–Kier alpha value is -1.77. The molecule has 4 rings (SSSR count). The molecule has 4 aliphatic rings. The molecule has 0 saturated heterocycles. The van der Waals surface area contributed by atoms with Gasteiger partial charge >= 0.3 is 5.97 Å². The van der Waals surface area contributed by atoms with Crippen molar-refractivity contribution in [3.05, 3.63) is 47.3 Å². The number of rotatable bonds is 6. The Labute approximate surface area is 182 Å². The maximum Gasteiger partial charge on any atom is 0.313 e. The molecule has 1 saturated carbocycles. The van der Waals surface area contributed by atoms with Crippen molar-refractivity contribution in [2.45, 2.75) is 77.0 Å². The Balaban J connectivity index is 1.37. The predicted molar refractivity (Wildman–Crippen MR) is 121 cm³/mol. The lowest BCUT2D eigenvalue weighted by molar-refractivity contribution is -0.146. The summed E-state index contributed by atoms with van der Waals surface area (Å²) >= 11 is 0. The van der Waals surface area contributed by atoms with Crippen molar-refractivity contribution >= 4 is 5.97 Å². The fraction of sp³-hybridized carbons (Fsp3) is 0.667. The first kappa shape index (κ1) is 21.5. The Kier molecular flexibility index (Phi) is 7.52. The second kappa shape index (κ2) is 10.5. The van der Waals surface area contributed by atoms with Gasteiger partial charge in [0.2, 0.25) is 0 Å². The van der Waals surface area contributed by atoms with Gasteiger partial charge in [0.15, 0.2) is 0 Å². The van der Waals surface area contributed by atoms with Gasteiger partial charge in [-0.15, -0.1) is 0 Å². The quantitative estimate of drug-likeness (QED) is 0.279. The summed E-state index contributed by atoms with van der Waals surface area (Å²) in [5, 5.41) is 0. The minimum absolute atomic E-state index is 0.0469. The summed E-state index contributed by atoms with van der Waals surface area (Å²) in [6, 6.07) is 0. The average Bonchev–Trinajstić information content (AvgIpc) is 3.08. The largest absolute Gasteiger partial charge is 0.494 e. The molecule has 0 aromatic heterocycles. The Morgan fingerprint density at radius 1 is 1.00 bits per heavy atom. The first-order valence-electron chi connectivity index (χ1n) is 12.2. The van der Waals surface area contributed by atoms with Gasteiger partial charge in [-0.1, -0.05) is 55.6 Å². The maximum atomic E-state index is 12.6. The third kappa shape index (κ3) is 5.28. The number of hydrogen-bond donors (Lipinski definition) is 0. The summed E-state index contributed by atoms with van der Waals surface area (Å²) < 4.78 is 11.4. The molecule has 0 bridgehead atoms. The van der Waals surface area contributed by atoms with E-state index < -0.39 is 0 Å². The monoisotopic (exact) mass is 410 g/mol. The van der Waals surface area contributed by atoms with Gasteiger partial charge in [-0.05, 0) is 74.3 Å². The van der Waals surface area contributed by atoms with Gasteiger partial charge in [0.25, 0.3) is 0 Å². The molecule has 0 N–H and O–H groups in total. The first-order chi connectivity index (χ1) is 14.7. The number of esters is 1. The van der Waals surface area contributed by atoms with Crippen molar-refractivity contribution in [2.24, 2.45) is 23.7 Å². The molecule has 3 atom stereocenters. The highest BCUT2D eigenvalue weighted by Crippen LogP contribution is 2.39. The van der Waals surface area contributed by atoms with Crippen LogP contribution in [0.1, 0.15) is 77.0 Å². The van der Waals surface area contributed by atoms with Gasteiger partial charge in [0.05, 0.1) is 18.8 Å². The van der Waals surface area contributed by atoms with Crippen LogP contribution in [0, 0.1) is 23.7 Å². The number of fused-ring (bicyclic) bond motifs is 1. The lowest BCUT2D eigenvalue weighted by atomic mass is 9.75. The molecule has 0 amide bonds. The second-order valence-electron chi connectivity index (χ2n) is 9.65. The molecule has 30 heavy (non-hydrogen) atoms. The van der Waals surface area contributed by atoms with Crippen LogP contribution < -0.4 is 0 Å². The van der Waals surface area contributed by atoms with Gasteiger partial charge in [0, 0.05) is 6.42 Å². The van der Waals surface area contributed by atoms with Crippen LogP contribution in [0.2, 0.25) is 0 Å². The van der Waals surface area contributed by atoms with E-state index in [1.807, 2.05) is 0 Å². The predicted octanol–water partition coefficient (Wildman–Crippen LogP) is 6.67. The van der Waals surface area contributed by atoms with E-state index >= 15 is 0 Å². The number of ether oxygens (including phenoxy) is 2. The average molecular weight is 411 g/mol. The normalized spacial score (nSPS) is 28.4. The lowest BCUT2D eigenvalue weighted by Gasteiger charge is -2.32. The van der Waals surface area contributed by atoms with Gasteiger partial charge in [-0.25, -0.2) is 0 Å². The molecule has 1 fully saturated rings. The summed E-state index contributed by atoms with van der Waals surface area (Å²) in [5.74, 6) is 2.95. The minimum Gasteiger partial charge on any atom is -0.494 e. The summed E-state index contributed by atoms with van der Waals surface area (Å²) in [6.07, 6.45) is 25.5. The zero-order valence-corrected chi connectivity index (χ0v) is 18.6. The van der Waals surface area contributed by atoms with Crippen molar-refractivity contribution in [3.8, 4) is 0 Å². The molecule has 3 unspecified atom stereocenters. The molecule has 0 spiro atoms. The zero-order valence-electron chi connectivity index (χ0n) is 18.6. The number of hydrogen-bond acceptors (Lipinski definition) is 3. The molecular formula is C27H38O3. The highest BCUT2D eigenvalue weighted by Gasteiger charge is 2.33. The molecule has 0 aromatic rings. The number of carbonyl (C=O) groups excluding carboxylic acids is 1. The van der Waals surface area contributed by atoms with E-state index in [1.165, 1.54) is 69.6 Å². The summed E-state index contributed by atoms with van der Waals surface area (Å²) in [5.41, 5.74) is 2.71. The van der Waals surface area contributed by atoms with Crippen molar-refractivity contribution in [1.29, 1.82) is 0 Å². The second-order valence-corrected chi connectivity index (χ2v) is 9.65. The van der Waals surface area contributed by atoms with Gasteiger partial charge in [-0.2, -0.15) is 0 Å². The lowest BCUT2D eigenvalue weighted by Crippen LogP contribution is -2.27. The van der Waals surface area contributed by atoms with Gasteiger partial charge in [0.1, 0.15) is 6.61 Å². The smallest absolute Gasteiger partial charge is 0.313 e. The van der Waals surface area contributed by atoms with E-state index in [2.05, 4.69) is 30.4 Å². The third-order valence-corrected chi connectivity index (χ3v) is 7.72. The topological polar surface area (TPSA) is 35.5 Å². The van der Waals surface area contributed by atoms with Crippen molar-refractivity contribution in [2.75, 3.05) is 13.7 Å². The highest BCUT2D eigenvalue weighted by atomic mass is 16.5. The molecule has 0 aromatic carbocycles. The molecule has 0 aliphatic heterocycles. The Bertz CT molecular complexity index is 718.